The second-order valence-electron chi connectivity index (χ2n) is 2.75. The lowest BCUT2D eigenvalue weighted by molar-refractivity contribution is -0.129. The van der Waals surface area contributed by atoms with Gasteiger partial charge in [-0.05, 0) is 6.92 Å². The predicted octanol–water partition coefficient (Wildman–Crippen LogP) is -1.13. The van der Waals surface area contributed by atoms with Crippen molar-refractivity contribution in [1.29, 1.82) is 0 Å². The molecule has 0 rings (SSSR count). The molecule has 0 saturated heterocycles. The summed E-state index contributed by atoms with van der Waals surface area (Å²) in [6, 6.07) is 0. The molecule has 0 aliphatic rings. The van der Waals surface area contributed by atoms with E-state index in [1.807, 2.05) is 0 Å². The molecule has 1 unspecified atom stereocenters. The molecule has 2 amide bonds. The minimum Gasteiger partial charge on any atom is -0.396 e. The molecule has 0 saturated carbocycles. The van der Waals surface area contributed by atoms with Crippen LogP contribution in [-0.4, -0.2) is 36.6 Å². The maximum atomic E-state index is 11.0. The number of carbonyl (C=O) groups is 2. The normalized spacial score (nSPS) is 11.9. The van der Waals surface area contributed by atoms with Gasteiger partial charge in [-0.25, -0.2) is 0 Å². The number of hydrogen-bond acceptors (Lipinski definition) is 3. The molecular weight excluding hydrogens is 172 g/mol. The Bertz CT molecular complexity index is 182. The van der Waals surface area contributed by atoms with Crippen LogP contribution in [0.3, 0.4) is 0 Å². The van der Waals surface area contributed by atoms with Crippen LogP contribution in [0.15, 0.2) is 0 Å². The van der Waals surface area contributed by atoms with Crippen molar-refractivity contribution in [2.45, 2.75) is 13.8 Å². The zero-order valence-electron chi connectivity index (χ0n) is 7.96. The second-order valence-corrected chi connectivity index (χ2v) is 2.75. The summed E-state index contributed by atoms with van der Waals surface area (Å²) in [7, 11) is 0. The molecule has 0 bridgehead atoms. The lowest BCUT2D eigenvalue weighted by Gasteiger charge is -2.08. The summed E-state index contributed by atoms with van der Waals surface area (Å²) in [5.74, 6) is -0.996. The van der Waals surface area contributed by atoms with Crippen LogP contribution in [0, 0.1) is 5.92 Å². The van der Waals surface area contributed by atoms with Gasteiger partial charge in [0.1, 0.15) is 0 Å². The Balaban J connectivity index is 3.63. The summed E-state index contributed by atoms with van der Waals surface area (Å²) in [5, 5.41) is 13.6. The fourth-order valence-corrected chi connectivity index (χ4v) is 0.684. The number of amides is 2. The first-order valence-electron chi connectivity index (χ1n) is 4.27. The van der Waals surface area contributed by atoms with Crippen LogP contribution in [-0.2, 0) is 9.59 Å². The zero-order chi connectivity index (χ0) is 10.3. The third-order valence-electron chi connectivity index (χ3n) is 1.52. The first kappa shape index (κ1) is 11.9. The van der Waals surface area contributed by atoms with Gasteiger partial charge in [0.05, 0.1) is 19.1 Å². The monoisotopic (exact) mass is 188 g/mol. The van der Waals surface area contributed by atoms with Crippen LogP contribution in [0.5, 0.6) is 0 Å². The summed E-state index contributed by atoms with van der Waals surface area (Å²) in [6.45, 7) is 3.70. The van der Waals surface area contributed by atoms with Crippen LogP contribution in [0.1, 0.15) is 13.8 Å². The molecule has 0 aliphatic carbocycles. The van der Waals surface area contributed by atoms with Gasteiger partial charge in [-0.1, -0.05) is 6.92 Å². The van der Waals surface area contributed by atoms with Crippen molar-refractivity contribution >= 4 is 11.8 Å². The van der Waals surface area contributed by atoms with E-state index in [-0.39, 0.29) is 25.0 Å². The average Bonchev–Trinajstić information content (AvgIpc) is 2.13. The molecular formula is C8H16N2O3. The van der Waals surface area contributed by atoms with E-state index >= 15 is 0 Å². The van der Waals surface area contributed by atoms with Crippen LogP contribution >= 0.6 is 0 Å². The van der Waals surface area contributed by atoms with E-state index < -0.39 is 5.92 Å². The Kier molecular flexibility index (Phi) is 5.88. The van der Waals surface area contributed by atoms with E-state index in [1.54, 1.807) is 13.8 Å². The second kappa shape index (κ2) is 6.42. The van der Waals surface area contributed by atoms with Crippen molar-refractivity contribution in [3.63, 3.8) is 0 Å². The molecule has 0 heterocycles. The molecule has 0 aromatic carbocycles. The van der Waals surface area contributed by atoms with Gasteiger partial charge in [0.15, 0.2) is 0 Å². The van der Waals surface area contributed by atoms with E-state index in [1.165, 1.54) is 0 Å². The predicted molar refractivity (Wildman–Crippen MR) is 47.9 cm³/mol. The van der Waals surface area contributed by atoms with Crippen LogP contribution in [0.4, 0.5) is 0 Å². The van der Waals surface area contributed by atoms with Crippen molar-refractivity contribution in [3.05, 3.63) is 0 Å². The highest BCUT2D eigenvalue weighted by Crippen LogP contribution is 1.90. The maximum absolute atomic E-state index is 11.0. The van der Waals surface area contributed by atoms with Crippen molar-refractivity contribution in [2.24, 2.45) is 5.92 Å². The number of carbonyl (C=O) groups excluding carboxylic acids is 2. The van der Waals surface area contributed by atoms with Gasteiger partial charge in [-0.15, -0.1) is 0 Å². The molecule has 0 radical (unpaired) electrons. The first-order valence-corrected chi connectivity index (χ1v) is 4.27. The highest BCUT2D eigenvalue weighted by Gasteiger charge is 2.11. The summed E-state index contributed by atoms with van der Waals surface area (Å²) < 4.78 is 0. The van der Waals surface area contributed by atoms with E-state index in [2.05, 4.69) is 10.6 Å². The van der Waals surface area contributed by atoms with Crippen molar-refractivity contribution in [1.82, 2.24) is 10.6 Å². The molecule has 0 aliphatic heterocycles. The highest BCUT2D eigenvalue weighted by molar-refractivity contribution is 5.85. The topological polar surface area (TPSA) is 78.4 Å². The van der Waals surface area contributed by atoms with Gasteiger partial charge in [-0.3, -0.25) is 9.59 Å². The molecule has 13 heavy (non-hydrogen) atoms. The Morgan fingerprint density at radius 2 is 2.00 bits per heavy atom. The Morgan fingerprint density at radius 3 is 2.46 bits per heavy atom. The van der Waals surface area contributed by atoms with E-state index in [4.69, 9.17) is 5.11 Å². The number of nitrogens with one attached hydrogen (secondary N) is 2. The number of aliphatic hydroxyl groups excluding tert-OH is 1. The third-order valence-corrected chi connectivity index (χ3v) is 1.52. The Morgan fingerprint density at radius 1 is 1.38 bits per heavy atom. The molecule has 0 aromatic heterocycles. The van der Waals surface area contributed by atoms with Gasteiger partial charge in [-0.2, -0.15) is 0 Å². The molecule has 1 atom stereocenters. The number of hydrogen-bond donors (Lipinski definition) is 3. The quantitative estimate of drug-likeness (QED) is 0.510. The lowest BCUT2D eigenvalue weighted by atomic mass is 10.2. The molecule has 0 aromatic rings. The standard InChI is InChI=1S/C8H16N2O3/c1-3-9-7(12)4-10-8(13)6(2)5-11/h6,11H,3-5H2,1-2H3,(H,9,12)(H,10,13). The summed E-state index contributed by atoms with van der Waals surface area (Å²) in [5.41, 5.74) is 0. The minimum atomic E-state index is -0.463. The molecule has 3 N–H and O–H groups in total. The van der Waals surface area contributed by atoms with Gasteiger partial charge in [0, 0.05) is 6.54 Å². The summed E-state index contributed by atoms with van der Waals surface area (Å²) in [6.07, 6.45) is 0. The molecule has 5 nitrogen and oxygen atoms in total. The van der Waals surface area contributed by atoms with Gasteiger partial charge < -0.3 is 15.7 Å². The zero-order valence-corrected chi connectivity index (χ0v) is 7.96. The van der Waals surface area contributed by atoms with Crippen LogP contribution in [0.2, 0.25) is 0 Å². The number of rotatable bonds is 5. The Hall–Kier alpha value is -1.10. The van der Waals surface area contributed by atoms with Crippen LogP contribution in [0.25, 0.3) is 0 Å². The maximum Gasteiger partial charge on any atom is 0.239 e. The van der Waals surface area contributed by atoms with Crippen molar-refractivity contribution in [2.75, 3.05) is 19.7 Å². The molecule has 76 valence electrons. The first-order chi connectivity index (χ1) is 6.11. The van der Waals surface area contributed by atoms with Gasteiger partial charge in [0.2, 0.25) is 11.8 Å². The Labute approximate surface area is 77.5 Å². The van der Waals surface area contributed by atoms with Crippen molar-refractivity contribution in [3.8, 4) is 0 Å². The lowest BCUT2D eigenvalue weighted by Crippen LogP contribution is -2.39. The van der Waals surface area contributed by atoms with Crippen molar-refractivity contribution < 1.29 is 14.7 Å². The van der Waals surface area contributed by atoms with E-state index in [9.17, 15) is 9.59 Å². The minimum absolute atomic E-state index is 0.0307. The molecule has 0 spiro atoms. The van der Waals surface area contributed by atoms with Gasteiger partial charge in [0.25, 0.3) is 0 Å². The highest BCUT2D eigenvalue weighted by atomic mass is 16.3. The fourth-order valence-electron chi connectivity index (χ4n) is 0.684. The molecule has 5 heteroatoms. The summed E-state index contributed by atoms with van der Waals surface area (Å²) >= 11 is 0. The SMILES string of the molecule is CCNC(=O)CNC(=O)C(C)CO. The third kappa shape index (κ3) is 5.19. The molecule has 0 fully saturated rings. The smallest absolute Gasteiger partial charge is 0.239 e. The van der Waals surface area contributed by atoms with E-state index in [0.29, 0.717) is 6.54 Å². The van der Waals surface area contributed by atoms with E-state index in [0.717, 1.165) is 0 Å². The summed E-state index contributed by atoms with van der Waals surface area (Å²) in [4.78, 5) is 21.9. The number of likely N-dealkylation sites (N-methyl/N-ethyl adjacent to an activating group) is 1. The largest absolute Gasteiger partial charge is 0.396 e. The van der Waals surface area contributed by atoms with Crippen LogP contribution < -0.4 is 10.6 Å². The fraction of sp³-hybridized carbons (Fsp3) is 0.750. The van der Waals surface area contributed by atoms with Gasteiger partial charge >= 0.3 is 0 Å². The average molecular weight is 188 g/mol. The number of aliphatic hydroxyl groups is 1.